The molecule has 0 saturated carbocycles. The molecule has 1 aliphatic heterocycles. The van der Waals surface area contributed by atoms with Crippen molar-refractivity contribution in [3.8, 4) is 0 Å². The quantitative estimate of drug-likeness (QED) is 0.769. The van der Waals surface area contributed by atoms with Crippen LogP contribution >= 0.6 is 0 Å². The van der Waals surface area contributed by atoms with Gasteiger partial charge < -0.3 is 5.11 Å². The minimum Gasteiger partial charge on any atom is -0.390 e. The van der Waals surface area contributed by atoms with Gasteiger partial charge in [0.05, 0.1) is 6.10 Å². The first kappa shape index (κ1) is 9.69. The van der Waals surface area contributed by atoms with Gasteiger partial charge in [-0.25, -0.2) is 0 Å². The van der Waals surface area contributed by atoms with Gasteiger partial charge in [-0.2, -0.15) is 0 Å². The lowest BCUT2D eigenvalue weighted by Crippen LogP contribution is -2.51. The van der Waals surface area contributed by atoms with Crippen LogP contribution < -0.4 is 0 Å². The maximum absolute atomic E-state index is 9.22. The highest BCUT2D eigenvalue weighted by molar-refractivity contribution is 5.24. The van der Waals surface area contributed by atoms with Crippen LogP contribution in [0.3, 0.4) is 0 Å². The average molecular weight is 191 g/mol. The van der Waals surface area contributed by atoms with Crippen molar-refractivity contribution in [2.75, 3.05) is 13.1 Å². The van der Waals surface area contributed by atoms with Gasteiger partial charge in [0.2, 0.25) is 0 Å². The highest BCUT2D eigenvalue weighted by Gasteiger charge is 2.28. The molecule has 14 heavy (non-hydrogen) atoms. The Bertz CT molecular complexity index is 301. The Kier molecular flexibility index (Phi) is 2.57. The number of aliphatic hydroxyl groups is 1. The second-order valence-corrected chi connectivity index (χ2v) is 4.19. The molecule has 0 amide bonds. The summed E-state index contributed by atoms with van der Waals surface area (Å²) in [6.07, 6.45) is -0.108. The predicted octanol–water partition coefficient (Wildman–Crippen LogP) is 1.73. The van der Waals surface area contributed by atoms with E-state index in [1.165, 1.54) is 11.1 Å². The number of benzene rings is 1. The average Bonchev–Trinajstić information content (AvgIpc) is 2.13. The lowest BCUT2D eigenvalue weighted by atomic mass is 10.0. The number of β-amino-alcohol motifs (C(OH)–C–C–N with tert-alkyl or cyclic N) is 1. The van der Waals surface area contributed by atoms with Gasteiger partial charge in [-0.05, 0) is 19.4 Å². The summed E-state index contributed by atoms with van der Waals surface area (Å²) in [4.78, 5) is 2.29. The molecule has 1 aromatic rings. The van der Waals surface area contributed by atoms with Crippen molar-refractivity contribution < 1.29 is 5.11 Å². The van der Waals surface area contributed by atoms with Crippen LogP contribution in [0.4, 0.5) is 0 Å². The van der Waals surface area contributed by atoms with Crippen molar-refractivity contribution in [1.29, 1.82) is 0 Å². The molecule has 0 radical (unpaired) electrons. The SMILES string of the molecule is Cc1ccc([C@H](C)N2CC(O)C2)cc1. The molecule has 0 spiro atoms. The van der Waals surface area contributed by atoms with E-state index in [4.69, 9.17) is 0 Å². The molecule has 2 heteroatoms. The van der Waals surface area contributed by atoms with E-state index in [-0.39, 0.29) is 6.10 Å². The lowest BCUT2D eigenvalue weighted by molar-refractivity contribution is -0.0211. The summed E-state index contributed by atoms with van der Waals surface area (Å²) in [5, 5.41) is 9.22. The van der Waals surface area contributed by atoms with Gasteiger partial charge in [-0.1, -0.05) is 29.8 Å². The maximum atomic E-state index is 9.22. The molecule has 1 N–H and O–H groups in total. The molecular weight excluding hydrogens is 174 g/mol. The van der Waals surface area contributed by atoms with Crippen LogP contribution in [-0.2, 0) is 0 Å². The molecule has 0 unspecified atom stereocenters. The fraction of sp³-hybridized carbons (Fsp3) is 0.500. The standard InChI is InChI=1S/C12H17NO/c1-9-3-5-11(6-4-9)10(2)13-7-12(14)8-13/h3-6,10,12,14H,7-8H2,1-2H3/t10-/m0/s1. The number of hydrogen-bond acceptors (Lipinski definition) is 2. The van der Waals surface area contributed by atoms with E-state index in [1.807, 2.05) is 0 Å². The highest BCUT2D eigenvalue weighted by atomic mass is 16.3. The second-order valence-electron chi connectivity index (χ2n) is 4.19. The van der Waals surface area contributed by atoms with Crippen LogP contribution in [0.5, 0.6) is 0 Å². The maximum Gasteiger partial charge on any atom is 0.0794 e. The Morgan fingerprint density at radius 1 is 1.29 bits per heavy atom. The summed E-state index contributed by atoms with van der Waals surface area (Å²) in [6, 6.07) is 9.05. The molecule has 2 rings (SSSR count). The molecule has 2 nitrogen and oxygen atoms in total. The number of aryl methyl sites for hydroxylation is 1. The van der Waals surface area contributed by atoms with E-state index in [9.17, 15) is 5.11 Å². The van der Waals surface area contributed by atoms with E-state index in [2.05, 4.69) is 43.0 Å². The fourth-order valence-electron chi connectivity index (χ4n) is 1.86. The molecule has 1 fully saturated rings. The van der Waals surface area contributed by atoms with Crippen LogP contribution in [0.15, 0.2) is 24.3 Å². The summed E-state index contributed by atoms with van der Waals surface area (Å²) in [5.74, 6) is 0. The number of hydrogen-bond donors (Lipinski definition) is 1. The van der Waals surface area contributed by atoms with Crippen LogP contribution in [0.1, 0.15) is 24.1 Å². The van der Waals surface area contributed by atoms with Crippen molar-refractivity contribution in [3.63, 3.8) is 0 Å². The number of nitrogens with zero attached hydrogens (tertiary/aromatic N) is 1. The zero-order chi connectivity index (χ0) is 10.1. The topological polar surface area (TPSA) is 23.5 Å². The minimum atomic E-state index is -0.108. The Morgan fingerprint density at radius 3 is 2.36 bits per heavy atom. The first-order chi connectivity index (χ1) is 6.66. The summed E-state index contributed by atoms with van der Waals surface area (Å²) in [5.41, 5.74) is 2.63. The number of aliphatic hydroxyl groups excluding tert-OH is 1. The lowest BCUT2D eigenvalue weighted by Gasteiger charge is -2.40. The molecule has 0 bridgehead atoms. The van der Waals surface area contributed by atoms with Gasteiger partial charge in [0.15, 0.2) is 0 Å². The number of rotatable bonds is 2. The third-order valence-electron chi connectivity index (χ3n) is 3.00. The monoisotopic (exact) mass is 191 g/mol. The van der Waals surface area contributed by atoms with Gasteiger partial charge in [0.1, 0.15) is 0 Å². The Labute approximate surface area is 85.2 Å². The molecular formula is C12H17NO. The van der Waals surface area contributed by atoms with E-state index < -0.39 is 0 Å². The minimum absolute atomic E-state index is 0.108. The van der Waals surface area contributed by atoms with Crippen molar-refractivity contribution in [1.82, 2.24) is 4.90 Å². The van der Waals surface area contributed by atoms with Crippen molar-refractivity contribution in [2.24, 2.45) is 0 Å². The molecule has 1 atom stereocenters. The molecule has 0 aromatic heterocycles. The van der Waals surface area contributed by atoms with Gasteiger partial charge in [-0.15, -0.1) is 0 Å². The van der Waals surface area contributed by atoms with Crippen LogP contribution in [0, 0.1) is 6.92 Å². The summed E-state index contributed by atoms with van der Waals surface area (Å²) in [6.45, 7) is 5.92. The zero-order valence-corrected chi connectivity index (χ0v) is 8.77. The smallest absolute Gasteiger partial charge is 0.0794 e. The third-order valence-corrected chi connectivity index (χ3v) is 3.00. The highest BCUT2D eigenvalue weighted by Crippen LogP contribution is 2.25. The Hall–Kier alpha value is -0.860. The van der Waals surface area contributed by atoms with Gasteiger partial charge in [-0.3, -0.25) is 4.90 Å². The predicted molar refractivity (Wildman–Crippen MR) is 57.2 cm³/mol. The largest absolute Gasteiger partial charge is 0.390 e. The van der Waals surface area contributed by atoms with Crippen molar-refractivity contribution >= 4 is 0 Å². The summed E-state index contributed by atoms with van der Waals surface area (Å²) >= 11 is 0. The Balaban J connectivity index is 2.04. The van der Waals surface area contributed by atoms with Crippen LogP contribution in [-0.4, -0.2) is 29.2 Å². The van der Waals surface area contributed by atoms with Gasteiger partial charge in [0.25, 0.3) is 0 Å². The molecule has 0 aliphatic carbocycles. The molecule has 1 heterocycles. The molecule has 1 aliphatic rings. The van der Waals surface area contributed by atoms with Gasteiger partial charge in [0, 0.05) is 19.1 Å². The van der Waals surface area contributed by atoms with E-state index in [1.54, 1.807) is 0 Å². The first-order valence-electron chi connectivity index (χ1n) is 5.15. The molecule has 1 saturated heterocycles. The van der Waals surface area contributed by atoms with Crippen LogP contribution in [0.25, 0.3) is 0 Å². The van der Waals surface area contributed by atoms with Gasteiger partial charge >= 0.3 is 0 Å². The fourth-order valence-corrected chi connectivity index (χ4v) is 1.86. The Morgan fingerprint density at radius 2 is 1.86 bits per heavy atom. The van der Waals surface area contributed by atoms with Crippen molar-refractivity contribution in [2.45, 2.75) is 26.0 Å². The zero-order valence-electron chi connectivity index (χ0n) is 8.77. The van der Waals surface area contributed by atoms with E-state index in [0.29, 0.717) is 6.04 Å². The van der Waals surface area contributed by atoms with Crippen LogP contribution in [0.2, 0.25) is 0 Å². The normalized spacial score (nSPS) is 20.5. The summed E-state index contributed by atoms with van der Waals surface area (Å²) in [7, 11) is 0. The van der Waals surface area contributed by atoms with E-state index >= 15 is 0 Å². The molecule has 1 aromatic carbocycles. The summed E-state index contributed by atoms with van der Waals surface area (Å²) < 4.78 is 0. The number of likely N-dealkylation sites (tertiary alicyclic amines) is 1. The third kappa shape index (κ3) is 1.81. The van der Waals surface area contributed by atoms with Crippen molar-refractivity contribution in [3.05, 3.63) is 35.4 Å². The molecule has 76 valence electrons. The van der Waals surface area contributed by atoms with E-state index in [0.717, 1.165) is 13.1 Å². The first-order valence-corrected chi connectivity index (χ1v) is 5.15. The second kappa shape index (κ2) is 3.71.